The minimum absolute atomic E-state index is 0.0115. The number of benzene rings is 1. The summed E-state index contributed by atoms with van der Waals surface area (Å²) in [6.45, 7) is 6.83. The van der Waals surface area contributed by atoms with E-state index in [1.807, 2.05) is 21.2 Å². The van der Waals surface area contributed by atoms with Crippen LogP contribution in [-0.2, 0) is 22.5 Å². The van der Waals surface area contributed by atoms with Gasteiger partial charge in [-0.05, 0) is 61.9 Å². The number of rotatable bonds is 6. The van der Waals surface area contributed by atoms with Crippen LogP contribution in [0.4, 0.5) is 21.0 Å². The third-order valence-electron chi connectivity index (χ3n) is 9.84. The summed E-state index contributed by atoms with van der Waals surface area (Å²) in [5.74, 6) is 2.34. The van der Waals surface area contributed by atoms with Crippen molar-refractivity contribution in [3.63, 3.8) is 0 Å². The number of piperazine rings is 1. The summed E-state index contributed by atoms with van der Waals surface area (Å²) in [5, 5.41) is 5.25. The Balaban J connectivity index is 1.10. The van der Waals surface area contributed by atoms with E-state index in [9.17, 15) is 14.4 Å². The summed E-state index contributed by atoms with van der Waals surface area (Å²) >= 11 is 8.00. The number of carbonyl (C=O) groups is 3. The number of nitrogens with two attached hydrogens (primary N) is 1. The SMILES string of the molecule is C#Cc1cc(C[C@@H](OC(=O)N2CCC(N3Cc4sccc4NC3=O)CC2)C(=O)N2CCC(N3CCN(C)CC3)CC2)cc(Cl)c1N. The molecule has 5 heterocycles. The minimum Gasteiger partial charge on any atom is -0.436 e. The predicted octanol–water partition coefficient (Wildman–Crippen LogP) is 3.76. The van der Waals surface area contributed by atoms with E-state index in [4.69, 9.17) is 28.5 Å². The maximum absolute atomic E-state index is 14.0. The van der Waals surface area contributed by atoms with Crippen LogP contribution < -0.4 is 11.1 Å². The number of piperidine rings is 2. The number of terminal acetylenes is 1. The Morgan fingerprint density at radius 2 is 1.74 bits per heavy atom. The number of fused-ring (bicyclic) bond motifs is 1. The molecule has 4 aliphatic rings. The number of likely N-dealkylation sites (N-methyl/N-ethyl adjacent to an activating group) is 1. The second-order valence-electron chi connectivity index (χ2n) is 12.7. The third-order valence-corrected chi connectivity index (χ3v) is 11.1. The van der Waals surface area contributed by atoms with Crippen molar-refractivity contribution < 1.29 is 19.1 Å². The molecule has 46 heavy (non-hydrogen) atoms. The number of nitrogens with zero attached hydrogens (tertiary/aromatic N) is 5. The number of anilines is 2. The molecule has 3 N–H and O–H groups in total. The van der Waals surface area contributed by atoms with Gasteiger partial charge in [0.25, 0.3) is 5.91 Å². The van der Waals surface area contributed by atoms with E-state index < -0.39 is 12.2 Å². The zero-order chi connectivity index (χ0) is 32.4. The molecule has 4 amide bonds. The van der Waals surface area contributed by atoms with Crippen LogP contribution in [0.25, 0.3) is 0 Å². The Kier molecular flexibility index (Phi) is 9.94. The van der Waals surface area contributed by atoms with Crippen LogP contribution >= 0.6 is 22.9 Å². The number of ether oxygens (including phenoxy) is 1. The minimum atomic E-state index is -1.04. The Labute approximate surface area is 279 Å². The first-order valence-corrected chi connectivity index (χ1v) is 17.3. The predicted molar refractivity (Wildman–Crippen MR) is 180 cm³/mol. The summed E-state index contributed by atoms with van der Waals surface area (Å²) in [7, 11) is 2.15. The van der Waals surface area contributed by atoms with E-state index >= 15 is 0 Å². The number of urea groups is 1. The average molecular weight is 668 g/mol. The van der Waals surface area contributed by atoms with Crippen LogP contribution in [0.5, 0.6) is 0 Å². The van der Waals surface area contributed by atoms with Gasteiger partial charge in [-0.25, -0.2) is 9.59 Å². The highest BCUT2D eigenvalue weighted by Crippen LogP contribution is 2.32. The van der Waals surface area contributed by atoms with Crippen molar-refractivity contribution in [2.24, 2.45) is 0 Å². The molecule has 1 aromatic heterocycles. The lowest BCUT2D eigenvalue weighted by Gasteiger charge is -2.42. The fourth-order valence-corrected chi connectivity index (χ4v) is 8.06. The van der Waals surface area contributed by atoms with Crippen LogP contribution in [0, 0.1) is 12.3 Å². The third kappa shape index (κ3) is 7.08. The van der Waals surface area contributed by atoms with E-state index in [0.29, 0.717) is 73.4 Å². The van der Waals surface area contributed by atoms with Gasteiger partial charge in [0.2, 0.25) is 0 Å². The van der Waals surface area contributed by atoms with Gasteiger partial charge in [-0.1, -0.05) is 17.5 Å². The maximum atomic E-state index is 14.0. The van der Waals surface area contributed by atoms with Crippen molar-refractivity contribution in [3.05, 3.63) is 44.6 Å². The molecule has 0 aliphatic carbocycles. The molecule has 246 valence electrons. The molecule has 11 nitrogen and oxygen atoms in total. The smallest absolute Gasteiger partial charge is 0.410 e. The molecule has 3 fully saturated rings. The summed E-state index contributed by atoms with van der Waals surface area (Å²) in [6, 6.07) is 5.68. The van der Waals surface area contributed by atoms with E-state index in [0.717, 1.165) is 49.6 Å². The number of nitrogens with one attached hydrogen (secondary N) is 1. The first kappa shape index (κ1) is 32.4. The van der Waals surface area contributed by atoms with Gasteiger partial charge < -0.3 is 35.4 Å². The highest BCUT2D eigenvalue weighted by molar-refractivity contribution is 7.10. The normalized spacial score (nSPS) is 21.0. The molecule has 13 heteroatoms. The molecule has 4 aliphatic heterocycles. The van der Waals surface area contributed by atoms with Crippen LogP contribution in [0.3, 0.4) is 0 Å². The monoisotopic (exact) mass is 667 g/mol. The molecule has 1 aromatic carbocycles. The van der Waals surface area contributed by atoms with Gasteiger partial charge in [0, 0.05) is 81.3 Å². The van der Waals surface area contributed by atoms with Crippen LogP contribution in [-0.4, -0.2) is 120 Å². The summed E-state index contributed by atoms with van der Waals surface area (Å²) in [5.41, 5.74) is 8.34. The van der Waals surface area contributed by atoms with Gasteiger partial charge in [-0.2, -0.15) is 0 Å². The van der Waals surface area contributed by atoms with Crippen molar-refractivity contribution in [2.75, 3.05) is 70.5 Å². The molecule has 0 radical (unpaired) electrons. The molecule has 0 saturated carbocycles. The van der Waals surface area contributed by atoms with Crippen molar-refractivity contribution in [1.82, 2.24) is 24.5 Å². The van der Waals surface area contributed by atoms with Gasteiger partial charge in [-0.15, -0.1) is 17.8 Å². The quantitative estimate of drug-likeness (QED) is 0.356. The van der Waals surface area contributed by atoms with Crippen LogP contribution in [0.1, 0.15) is 41.7 Å². The Morgan fingerprint density at radius 1 is 1.07 bits per heavy atom. The van der Waals surface area contributed by atoms with E-state index in [1.165, 1.54) is 0 Å². The topological polar surface area (TPSA) is 115 Å². The lowest BCUT2D eigenvalue weighted by Crippen LogP contribution is -2.54. The number of amides is 4. The summed E-state index contributed by atoms with van der Waals surface area (Å²) < 4.78 is 6.01. The van der Waals surface area contributed by atoms with Crippen LogP contribution in [0.2, 0.25) is 5.02 Å². The fourth-order valence-electron chi connectivity index (χ4n) is 6.99. The summed E-state index contributed by atoms with van der Waals surface area (Å²) in [4.78, 5) is 51.6. The van der Waals surface area contributed by atoms with Gasteiger partial charge in [0.05, 0.1) is 22.9 Å². The average Bonchev–Trinajstić information content (AvgIpc) is 3.53. The van der Waals surface area contributed by atoms with Gasteiger partial charge in [-0.3, -0.25) is 9.69 Å². The van der Waals surface area contributed by atoms with Crippen molar-refractivity contribution in [1.29, 1.82) is 0 Å². The Bertz CT molecular complexity index is 1490. The Hall–Kier alpha value is -3.50. The second-order valence-corrected chi connectivity index (χ2v) is 14.1. The molecule has 3 saturated heterocycles. The van der Waals surface area contributed by atoms with E-state index in [1.54, 1.807) is 28.4 Å². The molecule has 0 unspecified atom stereocenters. The van der Waals surface area contributed by atoms with Gasteiger partial charge in [0.1, 0.15) is 0 Å². The van der Waals surface area contributed by atoms with Crippen LogP contribution in [0.15, 0.2) is 23.6 Å². The fraction of sp³-hybridized carbons (Fsp3) is 0.545. The highest BCUT2D eigenvalue weighted by Gasteiger charge is 2.37. The zero-order valence-electron chi connectivity index (χ0n) is 26.3. The molecule has 0 spiro atoms. The highest BCUT2D eigenvalue weighted by atomic mass is 35.5. The van der Waals surface area contributed by atoms with Crippen molar-refractivity contribution in [2.45, 2.75) is 56.8 Å². The number of hydrogen-bond acceptors (Lipinski definition) is 8. The summed E-state index contributed by atoms with van der Waals surface area (Å²) in [6.07, 6.45) is 7.23. The Morgan fingerprint density at radius 3 is 2.43 bits per heavy atom. The number of hydrogen-bond donors (Lipinski definition) is 2. The second kappa shape index (κ2) is 14.1. The number of likely N-dealkylation sites (tertiary alicyclic amines) is 2. The molecule has 0 bridgehead atoms. The van der Waals surface area contributed by atoms with Crippen molar-refractivity contribution >= 4 is 52.3 Å². The van der Waals surface area contributed by atoms with Gasteiger partial charge in [0.15, 0.2) is 6.10 Å². The zero-order valence-corrected chi connectivity index (χ0v) is 27.8. The molecular weight excluding hydrogens is 626 g/mol. The first-order valence-electron chi connectivity index (χ1n) is 16.1. The maximum Gasteiger partial charge on any atom is 0.410 e. The standard InChI is InChI=1S/C33H42ClN7O4S/c1-3-23-18-22(19-26(34)30(23)35)20-28(31(42)39-9-4-24(5-10-39)38-15-13-37(2)14-16-38)45-33(44)40-11-6-25(7-12-40)41-21-29-27(8-17-46-29)36-32(41)43/h1,8,17-19,24-25,28H,4-7,9-16,20-21,35H2,2H3,(H,36,43)/t28-/m1/s1. The van der Waals surface area contributed by atoms with E-state index in [-0.39, 0.29) is 24.4 Å². The number of carbonyl (C=O) groups excluding carboxylic acids is 3. The molecule has 6 rings (SSSR count). The number of nitrogen functional groups attached to an aromatic ring is 1. The number of halogens is 1. The molecule has 1 atom stereocenters. The number of thiophene rings is 1. The lowest BCUT2D eigenvalue weighted by molar-refractivity contribution is -0.142. The van der Waals surface area contributed by atoms with E-state index in [2.05, 4.69) is 28.1 Å². The van der Waals surface area contributed by atoms with Gasteiger partial charge >= 0.3 is 12.1 Å². The molecule has 2 aromatic rings. The van der Waals surface area contributed by atoms with Crippen molar-refractivity contribution in [3.8, 4) is 12.3 Å². The first-order chi connectivity index (χ1) is 22.2. The largest absolute Gasteiger partial charge is 0.436 e. The molecular formula is C33H42ClN7O4S. The lowest BCUT2D eigenvalue weighted by atomic mass is 9.99.